The van der Waals surface area contributed by atoms with E-state index in [-0.39, 0.29) is 18.2 Å². The van der Waals surface area contributed by atoms with E-state index in [1.165, 1.54) is 10.6 Å². The van der Waals surface area contributed by atoms with Crippen LogP contribution in [0.5, 0.6) is 0 Å². The SMILES string of the molecule is CC#CCn1c(Cl)cc(=O)n(Cc2cnc3ccccc3n2)c1=O. The van der Waals surface area contributed by atoms with Gasteiger partial charge in [-0.25, -0.2) is 9.78 Å². The Morgan fingerprint density at radius 3 is 2.67 bits per heavy atom. The van der Waals surface area contributed by atoms with Gasteiger partial charge in [0.2, 0.25) is 0 Å². The van der Waals surface area contributed by atoms with Crippen LogP contribution in [0, 0.1) is 11.8 Å². The number of rotatable bonds is 3. The molecular formula is C17H13ClN4O2. The minimum Gasteiger partial charge on any atom is -0.272 e. The van der Waals surface area contributed by atoms with E-state index in [2.05, 4.69) is 21.8 Å². The van der Waals surface area contributed by atoms with Crippen molar-refractivity contribution in [2.45, 2.75) is 20.0 Å². The van der Waals surface area contributed by atoms with E-state index in [0.717, 1.165) is 10.1 Å². The molecule has 120 valence electrons. The monoisotopic (exact) mass is 340 g/mol. The smallest absolute Gasteiger partial charge is 0.272 e. The van der Waals surface area contributed by atoms with Crippen molar-refractivity contribution < 1.29 is 0 Å². The molecule has 0 spiro atoms. The molecule has 0 saturated carbocycles. The minimum atomic E-state index is -0.523. The molecule has 2 heterocycles. The molecule has 7 heteroatoms. The van der Waals surface area contributed by atoms with E-state index in [1.54, 1.807) is 13.1 Å². The van der Waals surface area contributed by atoms with E-state index in [4.69, 9.17) is 11.6 Å². The normalized spacial score (nSPS) is 10.4. The highest BCUT2D eigenvalue weighted by atomic mass is 35.5. The number of halogens is 1. The first-order valence-electron chi connectivity index (χ1n) is 7.20. The highest BCUT2D eigenvalue weighted by Crippen LogP contribution is 2.09. The number of hydrogen-bond donors (Lipinski definition) is 0. The van der Waals surface area contributed by atoms with E-state index in [1.807, 2.05) is 24.3 Å². The number of hydrogen-bond acceptors (Lipinski definition) is 4. The Morgan fingerprint density at radius 2 is 1.92 bits per heavy atom. The maximum absolute atomic E-state index is 12.5. The summed E-state index contributed by atoms with van der Waals surface area (Å²) in [6.45, 7) is 1.81. The summed E-state index contributed by atoms with van der Waals surface area (Å²) in [5, 5.41) is 0.0635. The highest BCUT2D eigenvalue weighted by Gasteiger charge is 2.11. The molecule has 0 aliphatic carbocycles. The van der Waals surface area contributed by atoms with Crippen molar-refractivity contribution in [3.8, 4) is 11.8 Å². The molecule has 6 nitrogen and oxygen atoms in total. The van der Waals surface area contributed by atoms with Gasteiger partial charge in [0.25, 0.3) is 5.56 Å². The molecule has 3 aromatic rings. The maximum Gasteiger partial charge on any atom is 0.333 e. The second kappa shape index (κ2) is 6.69. The molecule has 0 N–H and O–H groups in total. The lowest BCUT2D eigenvalue weighted by Gasteiger charge is -2.09. The summed E-state index contributed by atoms with van der Waals surface area (Å²) in [7, 11) is 0. The second-order valence-corrected chi connectivity index (χ2v) is 5.42. The average molecular weight is 341 g/mol. The molecule has 0 amide bonds. The van der Waals surface area contributed by atoms with Crippen molar-refractivity contribution in [2.75, 3.05) is 0 Å². The number of aromatic nitrogens is 4. The third-order valence-electron chi connectivity index (χ3n) is 3.46. The largest absolute Gasteiger partial charge is 0.333 e. The third kappa shape index (κ3) is 3.07. The number of fused-ring (bicyclic) bond motifs is 1. The van der Waals surface area contributed by atoms with E-state index >= 15 is 0 Å². The number of benzene rings is 1. The predicted molar refractivity (Wildman–Crippen MR) is 92.1 cm³/mol. The molecule has 0 aliphatic rings. The minimum absolute atomic E-state index is 0.0201. The van der Waals surface area contributed by atoms with Gasteiger partial charge in [-0.1, -0.05) is 29.7 Å². The summed E-state index contributed by atoms with van der Waals surface area (Å²) in [4.78, 5) is 33.4. The standard InChI is InChI=1S/C17H13ClN4O2/c1-2-3-8-21-15(18)9-16(23)22(17(21)24)11-12-10-19-13-6-4-5-7-14(13)20-12/h4-7,9-10H,8,11H2,1H3. The van der Waals surface area contributed by atoms with Crippen LogP contribution in [-0.4, -0.2) is 19.1 Å². The zero-order valence-electron chi connectivity index (χ0n) is 12.9. The van der Waals surface area contributed by atoms with Gasteiger partial charge in [-0.3, -0.25) is 18.9 Å². The fraction of sp³-hybridized carbons (Fsp3) is 0.176. The lowest BCUT2D eigenvalue weighted by Crippen LogP contribution is -2.40. The fourth-order valence-corrected chi connectivity index (χ4v) is 2.49. The first-order valence-corrected chi connectivity index (χ1v) is 7.58. The fourth-order valence-electron chi connectivity index (χ4n) is 2.27. The summed E-state index contributed by atoms with van der Waals surface area (Å²) >= 11 is 5.98. The Balaban J connectivity index is 2.06. The second-order valence-electron chi connectivity index (χ2n) is 5.04. The van der Waals surface area contributed by atoms with Gasteiger partial charge in [0, 0.05) is 6.07 Å². The molecule has 0 radical (unpaired) electrons. The summed E-state index contributed by atoms with van der Waals surface area (Å²) in [5.41, 5.74) is 0.962. The van der Waals surface area contributed by atoms with Crippen LogP contribution in [0.4, 0.5) is 0 Å². The Bertz CT molecular complexity index is 1090. The van der Waals surface area contributed by atoms with Crippen molar-refractivity contribution in [1.29, 1.82) is 0 Å². The molecule has 2 aromatic heterocycles. The molecular weight excluding hydrogens is 328 g/mol. The van der Waals surface area contributed by atoms with Gasteiger partial charge in [-0.05, 0) is 19.1 Å². The molecule has 0 unspecified atom stereocenters. The zero-order valence-corrected chi connectivity index (χ0v) is 13.6. The first-order chi connectivity index (χ1) is 11.6. The van der Waals surface area contributed by atoms with Crippen LogP contribution in [0.1, 0.15) is 12.6 Å². The van der Waals surface area contributed by atoms with Gasteiger partial charge in [0.05, 0.1) is 36.0 Å². The lowest BCUT2D eigenvalue weighted by molar-refractivity contribution is 0.616. The van der Waals surface area contributed by atoms with Crippen molar-refractivity contribution >= 4 is 22.6 Å². The van der Waals surface area contributed by atoms with Gasteiger partial charge in [-0.2, -0.15) is 0 Å². The molecule has 0 fully saturated rings. The van der Waals surface area contributed by atoms with Gasteiger partial charge < -0.3 is 0 Å². The summed E-state index contributed by atoms with van der Waals surface area (Å²) in [5.74, 6) is 5.46. The van der Waals surface area contributed by atoms with Crippen molar-refractivity contribution in [3.63, 3.8) is 0 Å². The van der Waals surface area contributed by atoms with E-state index in [0.29, 0.717) is 11.2 Å². The zero-order chi connectivity index (χ0) is 17.1. The molecule has 0 bridgehead atoms. The van der Waals surface area contributed by atoms with Crippen LogP contribution in [0.25, 0.3) is 11.0 Å². The molecule has 1 aromatic carbocycles. The Hall–Kier alpha value is -2.91. The van der Waals surface area contributed by atoms with Crippen LogP contribution in [0.3, 0.4) is 0 Å². The predicted octanol–water partition coefficient (Wildman–Crippen LogP) is 1.68. The topological polar surface area (TPSA) is 69.8 Å². The Morgan fingerprint density at radius 1 is 1.17 bits per heavy atom. The third-order valence-corrected chi connectivity index (χ3v) is 3.77. The summed E-state index contributed by atoms with van der Waals surface area (Å²) in [6.07, 6.45) is 1.55. The molecule has 24 heavy (non-hydrogen) atoms. The van der Waals surface area contributed by atoms with Crippen molar-refractivity contribution in [3.05, 3.63) is 68.2 Å². The van der Waals surface area contributed by atoms with Crippen LogP contribution in [0.2, 0.25) is 5.15 Å². The lowest BCUT2D eigenvalue weighted by atomic mass is 10.3. The highest BCUT2D eigenvalue weighted by molar-refractivity contribution is 6.29. The van der Waals surface area contributed by atoms with Crippen molar-refractivity contribution in [2.24, 2.45) is 0 Å². The van der Waals surface area contributed by atoms with E-state index < -0.39 is 11.2 Å². The van der Waals surface area contributed by atoms with E-state index in [9.17, 15) is 9.59 Å². The quantitative estimate of drug-likeness (QED) is 0.537. The number of nitrogens with zero attached hydrogens (tertiary/aromatic N) is 4. The van der Waals surface area contributed by atoms with Gasteiger partial charge in [0.15, 0.2) is 0 Å². The summed E-state index contributed by atoms with van der Waals surface area (Å²) < 4.78 is 2.32. The molecule has 0 saturated heterocycles. The van der Waals surface area contributed by atoms with Crippen LogP contribution in [0.15, 0.2) is 46.1 Å². The van der Waals surface area contributed by atoms with Gasteiger partial charge in [0.1, 0.15) is 5.15 Å². The molecule has 3 rings (SSSR count). The first kappa shape index (κ1) is 16.0. The number of para-hydroxylation sites is 2. The Kier molecular flexibility index (Phi) is 4.45. The maximum atomic E-state index is 12.5. The van der Waals surface area contributed by atoms with Crippen LogP contribution < -0.4 is 11.2 Å². The summed E-state index contributed by atoms with van der Waals surface area (Å²) in [6, 6.07) is 8.59. The van der Waals surface area contributed by atoms with Gasteiger partial charge >= 0.3 is 5.69 Å². The van der Waals surface area contributed by atoms with Crippen LogP contribution >= 0.6 is 11.6 Å². The molecule has 0 atom stereocenters. The Labute approximate surface area is 142 Å². The van der Waals surface area contributed by atoms with Crippen LogP contribution in [-0.2, 0) is 13.1 Å². The molecule has 0 aliphatic heterocycles. The average Bonchev–Trinajstić information content (AvgIpc) is 2.58. The van der Waals surface area contributed by atoms with Crippen molar-refractivity contribution in [1.82, 2.24) is 19.1 Å². The van der Waals surface area contributed by atoms with Gasteiger partial charge in [-0.15, -0.1) is 5.92 Å².